The van der Waals surface area contributed by atoms with Crippen molar-refractivity contribution in [3.05, 3.63) is 24.3 Å². The summed E-state index contributed by atoms with van der Waals surface area (Å²) >= 11 is 1.27. The van der Waals surface area contributed by atoms with E-state index in [0.717, 1.165) is 23.3 Å². The zero-order valence-corrected chi connectivity index (χ0v) is 13.1. The van der Waals surface area contributed by atoms with Crippen LogP contribution in [0.1, 0.15) is 19.8 Å². The van der Waals surface area contributed by atoms with Crippen LogP contribution in [0.3, 0.4) is 0 Å². The molecule has 0 spiro atoms. The standard InChI is InChI=1S/C14H18N2O2S2/c1-11(16-8-4-5-9-16)10-20(17,18)14-15-12-6-2-3-7-13(12)19-14/h2-3,6-7,11H,4-5,8-10H2,1H3. The van der Waals surface area contributed by atoms with Crippen molar-refractivity contribution in [3.8, 4) is 0 Å². The Morgan fingerprint density at radius 3 is 2.70 bits per heavy atom. The molecule has 6 heteroatoms. The number of aromatic nitrogens is 1. The Balaban J connectivity index is 1.83. The number of hydrogen-bond acceptors (Lipinski definition) is 5. The molecule has 1 fully saturated rings. The fraction of sp³-hybridized carbons (Fsp3) is 0.500. The largest absolute Gasteiger partial charge is 0.300 e. The van der Waals surface area contributed by atoms with E-state index in [-0.39, 0.29) is 16.1 Å². The van der Waals surface area contributed by atoms with Crippen LogP contribution in [0.2, 0.25) is 0 Å². The van der Waals surface area contributed by atoms with Crippen molar-refractivity contribution in [2.45, 2.75) is 30.1 Å². The summed E-state index contributed by atoms with van der Waals surface area (Å²) in [6.07, 6.45) is 2.34. The predicted molar refractivity (Wildman–Crippen MR) is 81.9 cm³/mol. The summed E-state index contributed by atoms with van der Waals surface area (Å²) in [6, 6.07) is 7.62. The predicted octanol–water partition coefficient (Wildman–Crippen LogP) is 2.55. The first kappa shape index (κ1) is 14.0. The van der Waals surface area contributed by atoms with Gasteiger partial charge >= 0.3 is 0 Å². The zero-order chi connectivity index (χ0) is 14.2. The Labute approximate surface area is 123 Å². The second kappa shape index (κ2) is 5.42. The molecule has 0 aliphatic carbocycles. The molecular weight excluding hydrogens is 292 g/mol. The number of fused-ring (bicyclic) bond motifs is 1. The molecule has 20 heavy (non-hydrogen) atoms. The molecule has 2 aromatic rings. The van der Waals surface area contributed by atoms with Crippen LogP contribution in [0.5, 0.6) is 0 Å². The number of sulfone groups is 1. The van der Waals surface area contributed by atoms with Gasteiger partial charge in [-0.2, -0.15) is 0 Å². The van der Waals surface area contributed by atoms with E-state index in [1.807, 2.05) is 31.2 Å². The monoisotopic (exact) mass is 310 g/mol. The molecule has 1 unspecified atom stereocenters. The third kappa shape index (κ3) is 2.73. The first-order valence-corrected chi connectivity index (χ1v) is 9.35. The van der Waals surface area contributed by atoms with Crippen molar-refractivity contribution in [2.24, 2.45) is 0 Å². The Morgan fingerprint density at radius 1 is 1.30 bits per heavy atom. The first-order chi connectivity index (χ1) is 9.56. The maximum atomic E-state index is 12.5. The highest BCUT2D eigenvalue weighted by Gasteiger charge is 2.27. The third-order valence-corrected chi connectivity index (χ3v) is 7.15. The molecule has 4 nitrogen and oxygen atoms in total. The van der Waals surface area contributed by atoms with E-state index in [9.17, 15) is 8.42 Å². The average Bonchev–Trinajstić information content (AvgIpc) is 3.07. The summed E-state index contributed by atoms with van der Waals surface area (Å²) in [5, 5.41) is 0. The van der Waals surface area contributed by atoms with Crippen molar-refractivity contribution in [2.75, 3.05) is 18.8 Å². The molecule has 108 valence electrons. The first-order valence-electron chi connectivity index (χ1n) is 6.89. The van der Waals surface area contributed by atoms with E-state index < -0.39 is 9.84 Å². The van der Waals surface area contributed by atoms with Gasteiger partial charge in [-0.25, -0.2) is 13.4 Å². The molecule has 0 saturated carbocycles. The summed E-state index contributed by atoms with van der Waals surface area (Å²) in [6.45, 7) is 4.02. The van der Waals surface area contributed by atoms with Crippen LogP contribution in [-0.2, 0) is 9.84 Å². The summed E-state index contributed by atoms with van der Waals surface area (Å²) in [5.74, 6) is 0.160. The van der Waals surface area contributed by atoms with Crippen LogP contribution in [0.25, 0.3) is 10.2 Å². The maximum absolute atomic E-state index is 12.5. The number of benzene rings is 1. The Hall–Kier alpha value is -0.980. The lowest BCUT2D eigenvalue weighted by atomic mass is 10.3. The van der Waals surface area contributed by atoms with E-state index in [1.54, 1.807) is 0 Å². The average molecular weight is 310 g/mol. The van der Waals surface area contributed by atoms with E-state index in [4.69, 9.17) is 0 Å². The SMILES string of the molecule is CC(CS(=O)(=O)c1nc2ccccc2s1)N1CCCC1. The molecule has 1 atom stereocenters. The van der Waals surface area contributed by atoms with Crippen molar-refractivity contribution in [3.63, 3.8) is 0 Å². The van der Waals surface area contributed by atoms with Crippen LogP contribution in [-0.4, -0.2) is 43.2 Å². The molecule has 1 aromatic heterocycles. The van der Waals surface area contributed by atoms with Crippen LogP contribution >= 0.6 is 11.3 Å². The summed E-state index contributed by atoms with van der Waals surface area (Å²) in [4.78, 5) is 6.53. The molecule has 0 bridgehead atoms. The van der Waals surface area contributed by atoms with Crippen LogP contribution in [0, 0.1) is 0 Å². The van der Waals surface area contributed by atoms with Gasteiger partial charge in [-0.15, -0.1) is 11.3 Å². The molecule has 1 aliphatic heterocycles. The van der Waals surface area contributed by atoms with Gasteiger partial charge in [-0.3, -0.25) is 4.90 Å². The van der Waals surface area contributed by atoms with Gasteiger partial charge in [0.2, 0.25) is 14.2 Å². The van der Waals surface area contributed by atoms with Crippen LogP contribution < -0.4 is 0 Å². The number of thiazole rings is 1. The summed E-state index contributed by atoms with van der Waals surface area (Å²) in [5.41, 5.74) is 0.768. The Kier molecular flexibility index (Phi) is 3.79. The maximum Gasteiger partial charge on any atom is 0.210 e. The molecule has 2 heterocycles. The molecular formula is C14H18N2O2S2. The van der Waals surface area contributed by atoms with Gasteiger partial charge < -0.3 is 0 Å². The fourth-order valence-electron chi connectivity index (χ4n) is 2.66. The molecule has 0 N–H and O–H groups in total. The zero-order valence-electron chi connectivity index (χ0n) is 11.4. The second-order valence-electron chi connectivity index (χ2n) is 5.32. The Bertz CT molecular complexity index is 670. The minimum Gasteiger partial charge on any atom is -0.300 e. The molecule has 0 radical (unpaired) electrons. The van der Waals surface area contributed by atoms with E-state index in [1.165, 1.54) is 24.2 Å². The molecule has 1 aliphatic rings. The van der Waals surface area contributed by atoms with E-state index in [2.05, 4.69) is 9.88 Å². The lowest BCUT2D eigenvalue weighted by molar-refractivity contribution is 0.277. The van der Waals surface area contributed by atoms with E-state index in [0.29, 0.717) is 0 Å². The van der Waals surface area contributed by atoms with E-state index >= 15 is 0 Å². The quantitative estimate of drug-likeness (QED) is 0.871. The molecule has 1 saturated heterocycles. The number of likely N-dealkylation sites (tertiary alicyclic amines) is 1. The molecule has 3 rings (SSSR count). The molecule has 1 aromatic carbocycles. The number of hydrogen-bond donors (Lipinski definition) is 0. The lowest BCUT2D eigenvalue weighted by Gasteiger charge is -2.22. The summed E-state index contributed by atoms with van der Waals surface area (Å²) < 4.78 is 26.2. The van der Waals surface area contributed by atoms with Gasteiger partial charge in [-0.05, 0) is 45.0 Å². The van der Waals surface area contributed by atoms with Crippen LogP contribution in [0.15, 0.2) is 28.6 Å². The van der Waals surface area contributed by atoms with Crippen molar-refractivity contribution in [1.82, 2.24) is 9.88 Å². The van der Waals surface area contributed by atoms with Gasteiger partial charge in [0, 0.05) is 6.04 Å². The molecule has 0 amide bonds. The fourth-order valence-corrected chi connectivity index (χ4v) is 5.56. The van der Waals surface area contributed by atoms with Crippen LogP contribution in [0.4, 0.5) is 0 Å². The van der Waals surface area contributed by atoms with Gasteiger partial charge in [0.15, 0.2) is 0 Å². The topological polar surface area (TPSA) is 50.3 Å². The number of rotatable bonds is 4. The third-order valence-electron chi connectivity index (χ3n) is 3.76. The minimum atomic E-state index is -3.29. The van der Waals surface area contributed by atoms with Gasteiger partial charge in [0.25, 0.3) is 0 Å². The van der Waals surface area contributed by atoms with Crippen molar-refractivity contribution < 1.29 is 8.42 Å². The second-order valence-corrected chi connectivity index (χ2v) is 8.56. The Morgan fingerprint density at radius 2 is 2.00 bits per heavy atom. The summed E-state index contributed by atoms with van der Waals surface area (Å²) in [7, 11) is -3.29. The van der Waals surface area contributed by atoms with Crippen molar-refractivity contribution in [1.29, 1.82) is 0 Å². The van der Waals surface area contributed by atoms with Gasteiger partial charge in [-0.1, -0.05) is 12.1 Å². The number of para-hydroxylation sites is 1. The highest BCUT2D eigenvalue weighted by atomic mass is 32.2. The van der Waals surface area contributed by atoms with Gasteiger partial charge in [0.05, 0.1) is 16.0 Å². The smallest absolute Gasteiger partial charge is 0.210 e. The minimum absolute atomic E-state index is 0.0644. The lowest BCUT2D eigenvalue weighted by Crippen LogP contribution is -2.35. The van der Waals surface area contributed by atoms with Gasteiger partial charge in [0.1, 0.15) is 0 Å². The highest BCUT2D eigenvalue weighted by molar-refractivity contribution is 7.93. The normalized spacial score (nSPS) is 18.6. The van der Waals surface area contributed by atoms with Crippen molar-refractivity contribution >= 4 is 31.4 Å². The highest BCUT2D eigenvalue weighted by Crippen LogP contribution is 2.26. The number of nitrogens with zero attached hydrogens (tertiary/aromatic N) is 2.